The van der Waals surface area contributed by atoms with Crippen LogP contribution < -0.4 is 9.47 Å². The molecule has 1 aromatic heterocycles. The molecule has 0 aliphatic carbocycles. The van der Waals surface area contributed by atoms with Crippen LogP contribution in [0.25, 0.3) is 17.4 Å². The standard InChI is InChI=1S/C23H17ClN2O7S/c1-31-19-4-2-3-5-20(19)32-11-10-25-22(27)21(34-23(25)28)13-15-7-9-18(33-15)14-6-8-16(24)17(12-14)26(29)30/h2-9,12-13H,10-11H2,1H3/b21-13-. The minimum Gasteiger partial charge on any atom is -0.493 e. The number of thioether (sulfide) groups is 1. The molecule has 3 aromatic rings. The highest BCUT2D eigenvalue weighted by Crippen LogP contribution is 2.35. The summed E-state index contributed by atoms with van der Waals surface area (Å²) >= 11 is 6.65. The molecule has 1 fully saturated rings. The predicted octanol–water partition coefficient (Wildman–Crippen LogP) is 5.63. The van der Waals surface area contributed by atoms with E-state index in [1.54, 1.807) is 42.5 Å². The third-order valence-electron chi connectivity index (χ3n) is 4.84. The van der Waals surface area contributed by atoms with Gasteiger partial charge in [-0.25, -0.2) is 0 Å². The number of carbonyl (C=O) groups excluding carboxylic acids is 2. The van der Waals surface area contributed by atoms with E-state index in [1.165, 1.54) is 25.3 Å². The van der Waals surface area contributed by atoms with Crippen LogP contribution in [0.2, 0.25) is 5.02 Å². The molecule has 0 radical (unpaired) electrons. The molecule has 0 spiro atoms. The van der Waals surface area contributed by atoms with Crippen molar-refractivity contribution in [2.75, 3.05) is 20.3 Å². The first-order valence-electron chi connectivity index (χ1n) is 9.92. The molecule has 1 saturated heterocycles. The molecular formula is C23H17ClN2O7S. The zero-order valence-electron chi connectivity index (χ0n) is 17.7. The van der Waals surface area contributed by atoms with Crippen LogP contribution in [-0.4, -0.2) is 41.2 Å². The van der Waals surface area contributed by atoms with Gasteiger partial charge in [0.2, 0.25) is 0 Å². The van der Waals surface area contributed by atoms with Crippen molar-refractivity contribution in [2.45, 2.75) is 0 Å². The second kappa shape index (κ2) is 10.0. The quantitative estimate of drug-likeness (QED) is 0.222. The number of benzene rings is 2. The van der Waals surface area contributed by atoms with E-state index in [1.807, 2.05) is 0 Å². The Morgan fingerprint density at radius 3 is 2.65 bits per heavy atom. The lowest BCUT2D eigenvalue weighted by Gasteiger charge is -2.14. The maximum absolute atomic E-state index is 12.7. The summed E-state index contributed by atoms with van der Waals surface area (Å²) in [6, 6.07) is 14.6. The first kappa shape index (κ1) is 23.4. The minimum absolute atomic E-state index is 0.0175. The van der Waals surface area contributed by atoms with Gasteiger partial charge in [-0.05, 0) is 48.2 Å². The van der Waals surface area contributed by atoms with E-state index in [9.17, 15) is 19.7 Å². The van der Waals surface area contributed by atoms with Gasteiger partial charge in [-0.2, -0.15) is 0 Å². The molecule has 0 unspecified atom stereocenters. The number of carbonyl (C=O) groups is 2. The van der Waals surface area contributed by atoms with E-state index >= 15 is 0 Å². The lowest BCUT2D eigenvalue weighted by Crippen LogP contribution is -2.32. The van der Waals surface area contributed by atoms with Crippen molar-refractivity contribution in [3.8, 4) is 22.8 Å². The monoisotopic (exact) mass is 500 g/mol. The van der Waals surface area contributed by atoms with Crippen LogP contribution in [-0.2, 0) is 4.79 Å². The predicted molar refractivity (Wildman–Crippen MR) is 127 cm³/mol. The zero-order chi connectivity index (χ0) is 24.2. The molecule has 174 valence electrons. The van der Waals surface area contributed by atoms with E-state index in [-0.39, 0.29) is 28.8 Å². The molecular weight excluding hydrogens is 484 g/mol. The number of furan rings is 1. The Morgan fingerprint density at radius 1 is 1.15 bits per heavy atom. The largest absolute Gasteiger partial charge is 0.493 e. The summed E-state index contributed by atoms with van der Waals surface area (Å²) in [5.74, 6) is 1.28. The van der Waals surface area contributed by atoms with E-state index in [0.717, 1.165) is 16.7 Å². The van der Waals surface area contributed by atoms with Crippen LogP contribution in [0.5, 0.6) is 11.5 Å². The van der Waals surface area contributed by atoms with Gasteiger partial charge in [0.25, 0.3) is 16.8 Å². The smallest absolute Gasteiger partial charge is 0.293 e. The number of rotatable bonds is 8. The lowest BCUT2D eigenvalue weighted by atomic mass is 10.1. The van der Waals surface area contributed by atoms with Gasteiger partial charge in [0.1, 0.15) is 23.2 Å². The van der Waals surface area contributed by atoms with Gasteiger partial charge >= 0.3 is 0 Å². The van der Waals surface area contributed by atoms with E-state index in [2.05, 4.69) is 0 Å². The minimum atomic E-state index is -0.580. The molecule has 0 bridgehead atoms. The Bertz CT molecular complexity index is 1300. The average molecular weight is 501 g/mol. The number of ether oxygens (including phenoxy) is 2. The van der Waals surface area contributed by atoms with Crippen molar-refractivity contribution in [3.05, 3.63) is 80.4 Å². The van der Waals surface area contributed by atoms with Gasteiger partial charge in [-0.1, -0.05) is 23.7 Å². The molecule has 11 heteroatoms. The summed E-state index contributed by atoms with van der Waals surface area (Å²) in [6.45, 7) is 0.170. The molecule has 34 heavy (non-hydrogen) atoms. The van der Waals surface area contributed by atoms with Gasteiger partial charge in [0.15, 0.2) is 11.5 Å². The number of nitrogens with zero attached hydrogens (tertiary/aromatic N) is 2. The van der Waals surface area contributed by atoms with Crippen LogP contribution in [0.4, 0.5) is 10.5 Å². The van der Waals surface area contributed by atoms with Gasteiger partial charge in [-0.15, -0.1) is 0 Å². The number of amides is 2. The summed E-state index contributed by atoms with van der Waals surface area (Å²) in [5.41, 5.74) is 0.214. The fourth-order valence-electron chi connectivity index (χ4n) is 3.20. The Labute approximate surface area is 203 Å². The molecule has 1 aliphatic rings. The fourth-order valence-corrected chi connectivity index (χ4v) is 4.23. The van der Waals surface area contributed by atoms with E-state index in [0.29, 0.717) is 28.6 Å². The molecule has 2 aromatic carbocycles. The van der Waals surface area contributed by atoms with Crippen LogP contribution in [0.1, 0.15) is 5.76 Å². The van der Waals surface area contributed by atoms with Crippen molar-refractivity contribution in [3.63, 3.8) is 0 Å². The third-order valence-corrected chi connectivity index (χ3v) is 6.07. The van der Waals surface area contributed by atoms with Crippen molar-refractivity contribution < 1.29 is 28.4 Å². The van der Waals surface area contributed by atoms with Crippen molar-refractivity contribution in [2.24, 2.45) is 0 Å². The number of hydrogen-bond donors (Lipinski definition) is 0. The SMILES string of the molecule is COc1ccccc1OCCN1C(=O)S/C(=C\c2ccc(-c3ccc(Cl)c([N+](=O)[O-])c3)o2)C1=O. The van der Waals surface area contributed by atoms with Crippen LogP contribution in [0, 0.1) is 10.1 Å². The lowest BCUT2D eigenvalue weighted by molar-refractivity contribution is -0.384. The topological polar surface area (TPSA) is 112 Å². The van der Waals surface area contributed by atoms with E-state index in [4.69, 9.17) is 25.5 Å². The maximum Gasteiger partial charge on any atom is 0.293 e. The molecule has 1 aliphatic heterocycles. The summed E-state index contributed by atoms with van der Waals surface area (Å²) in [6.07, 6.45) is 1.46. The second-order valence-corrected chi connectivity index (χ2v) is 8.36. The van der Waals surface area contributed by atoms with Crippen LogP contribution >= 0.6 is 23.4 Å². The van der Waals surface area contributed by atoms with Crippen molar-refractivity contribution >= 4 is 46.3 Å². The Morgan fingerprint density at radius 2 is 1.91 bits per heavy atom. The number of nitro benzene ring substituents is 1. The highest BCUT2D eigenvalue weighted by atomic mass is 35.5. The number of nitro groups is 1. The zero-order valence-corrected chi connectivity index (χ0v) is 19.3. The molecule has 0 saturated carbocycles. The Balaban J connectivity index is 1.44. The summed E-state index contributed by atoms with van der Waals surface area (Å²) < 4.78 is 16.6. The number of imide groups is 1. The first-order valence-corrected chi connectivity index (χ1v) is 11.1. The molecule has 9 nitrogen and oxygen atoms in total. The number of halogens is 1. The van der Waals surface area contributed by atoms with Crippen LogP contribution in [0.3, 0.4) is 0 Å². The Hall–Kier alpha value is -3.76. The van der Waals surface area contributed by atoms with Crippen molar-refractivity contribution in [1.29, 1.82) is 0 Å². The molecule has 0 N–H and O–H groups in total. The highest BCUT2D eigenvalue weighted by molar-refractivity contribution is 8.18. The number of methoxy groups -OCH3 is 1. The summed E-state index contributed by atoms with van der Waals surface area (Å²) in [5, 5.41) is 10.7. The highest BCUT2D eigenvalue weighted by Gasteiger charge is 2.35. The second-order valence-electron chi connectivity index (χ2n) is 6.96. The first-order chi connectivity index (χ1) is 16.4. The maximum atomic E-state index is 12.7. The third kappa shape index (κ3) is 4.92. The average Bonchev–Trinajstić information content (AvgIpc) is 3.39. The van der Waals surface area contributed by atoms with Crippen LogP contribution in [0.15, 0.2) is 63.9 Å². The summed E-state index contributed by atoms with van der Waals surface area (Å²) in [7, 11) is 1.53. The number of hydrogen-bond acceptors (Lipinski definition) is 8. The molecule has 2 heterocycles. The van der Waals surface area contributed by atoms with Gasteiger partial charge in [0.05, 0.1) is 23.5 Å². The Kier molecular flexibility index (Phi) is 6.90. The summed E-state index contributed by atoms with van der Waals surface area (Å²) in [4.78, 5) is 36.9. The molecule has 2 amide bonds. The van der Waals surface area contributed by atoms with Crippen molar-refractivity contribution in [1.82, 2.24) is 4.90 Å². The van der Waals surface area contributed by atoms with E-state index < -0.39 is 16.1 Å². The molecule has 0 atom stereocenters. The normalized spacial score (nSPS) is 14.6. The number of para-hydroxylation sites is 2. The van der Waals surface area contributed by atoms with Gasteiger partial charge in [-0.3, -0.25) is 24.6 Å². The van der Waals surface area contributed by atoms with Gasteiger partial charge < -0.3 is 13.9 Å². The fraction of sp³-hybridized carbons (Fsp3) is 0.130. The molecule has 4 rings (SSSR count). The van der Waals surface area contributed by atoms with Gasteiger partial charge in [0, 0.05) is 17.7 Å².